The van der Waals surface area contributed by atoms with Gasteiger partial charge in [-0.15, -0.1) is 0 Å². The molecule has 0 spiro atoms. The molecule has 0 unspecified atom stereocenters. The summed E-state index contributed by atoms with van der Waals surface area (Å²) in [5, 5.41) is 4.63. The van der Waals surface area contributed by atoms with Crippen molar-refractivity contribution < 1.29 is 0 Å². The van der Waals surface area contributed by atoms with Gasteiger partial charge in [0.1, 0.15) is 0 Å². The maximum atomic E-state index is 4.43. The van der Waals surface area contributed by atoms with E-state index in [0.29, 0.717) is 0 Å². The zero-order chi connectivity index (χ0) is 17.2. The maximum absolute atomic E-state index is 4.43. The highest BCUT2D eigenvalue weighted by Crippen LogP contribution is 2.28. The topological polar surface area (TPSA) is 31.4 Å². The lowest BCUT2D eigenvalue weighted by molar-refractivity contribution is 0.313. The number of pyridine rings is 1. The van der Waals surface area contributed by atoms with Crippen LogP contribution in [0.3, 0.4) is 0 Å². The van der Waals surface area contributed by atoms with Gasteiger partial charge in [-0.05, 0) is 55.6 Å². The van der Waals surface area contributed by atoms with Crippen LogP contribution in [0.1, 0.15) is 0 Å². The number of nitrogens with zero attached hydrogens (tertiary/aromatic N) is 3. The number of fused-ring (bicyclic) bond motifs is 1. The highest BCUT2D eigenvalue weighted by atomic mass is 79.9. The normalized spacial score (nSPS) is 15.5. The van der Waals surface area contributed by atoms with E-state index in [1.807, 2.05) is 24.4 Å². The maximum Gasteiger partial charge on any atom is 0.0723 e. The van der Waals surface area contributed by atoms with Crippen molar-refractivity contribution in [3.63, 3.8) is 0 Å². The molecular weight excluding hydrogens is 376 g/mol. The van der Waals surface area contributed by atoms with Crippen molar-refractivity contribution in [1.82, 2.24) is 9.88 Å². The molecule has 0 saturated carbocycles. The molecule has 1 aliphatic heterocycles. The quantitative estimate of drug-likeness (QED) is 0.706. The number of halogens is 1. The van der Waals surface area contributed by atoms with E-state index in [0.717, 1.165) is 52.9 Å². The minimum Gasteiger partial charge on any atom is -0.369 e. The monoisotopic (exact) mass is 396 g/mol. The predicted molar refractivity (Wildman–Crippen MR) is 109 cm³/mol. The summed E-state index contributed by atoms with van der Waals surface area (Å²) in [7, 11) is 2.18. The van der Waals surface area contributed by atoms with Crippen molar-refractivity contribution in [2.45, 2.75) is 0 Å². The summed E-state index contributed by atoms with van der Waals surface area (Å²) < 4.78 is 1.06. The van der Waals surface area contributed by atoms with Gasteiger partial charge in [0.25, 0.3) is 0 Å². The van der Waals surface area contributed by atoms with Crippen LogP contribution in [0.4, 0.5) is 17.1 Å². The Morgan fingerprint density at radius 3 is 2.48 bits per heavy atom. The van der Waals surface area contributed by atoms with Gasteiger partial charge in [-0.2, -0.15) is 0 Å². The lowest BCUT2D eigenvalue weighted by atomic mass is 10.1. The summed E-state index contributed by atoms with van der Waals surface area (Å²) in [6, 6.07) is 16.9. The Morgan fingerprint density at radius 2 is 1.72 bits per heavy atom. The number of hydrogen-bond acceptors (Lipinski definition) is 4. The molecule has 0 amide bonds. The van der Waals surface area contributed by atoms with E-state index in [1.165, 1.54) is 5.69 Å². The summed E-state index contributed by atoms with van der Waals surface area (Å²) in [4.78, 5) is 9.26. The molecule has 4 nitrogen and oxygen atoms in total. The van der Waals surface area contributed by atoms with Crippen LogP contribution >= 0.6 is 15.9 Å². The average Bonchev–Trinajstić information content (AvgIpc) is 2.64. The molecule has 1 aromatic heterocycles. The number of benzene rings is 2. The van der Waals surface area contributed by atoms with Gasteiger partial charge in [-0.3, -0.25) is 4.98 Å². The molecule has 3 aromatic rings. The van der Waals surface area contributed by atoms with E-state index in [1.54, 1.807) is 0 Å². The van der Waals surface area contributed by atoms with E-state index in [9.17, 15) is 0 Å². The minimum absolute atomic E-state index is 0.988. The summed E-state index contributed by atoms with van der Waals surface area (Å²) in [6.45, 7) is 4.42. The van der Waals surface area contributed by atoms with Gasteiger partial charge in [0, 0.05) is 59.3 Å². The van der Waals surface area contributed by atoms with Gasteiger partial charge in [0.15, 0.2) is 0 Å². The van der Waals surface area contributed by atoms with Gasteiger partial charge in [0.05, 0.1) is 5.52 Å². The van der Waals surface area contributed by atoms with Crippen LogP contribution in [0.2, 0.25) is 0 Å². The molecule has 2 heterocycles. The number of anilines is 3. The third kappa shape index (κ3) is 3.62. The molecule has 1 N–H and O–H groups in total. The van der Waals surface area contributed by atoms with Crippen molar-refractivity contribution in [2.75, 3.05) is 43.4 Å². The number of nitrogens with one attached hydrogen (secondary N) is 1. The Bertz CT molecular complexity index is 871. The van der Waals surface area contributed by atoms with Crippen molar-refractivity contribution >= 4 is 43.9 Å². The number of aromatic nitrogens is 1. The Balaban J connectivity index is 1.55. The Kier molecular flexibility index (Phi) is 4.59. The van der Waals surface area contributed by atoms with Gasteiger partial charge >= 0.3 is 0 Å². The fourth-order valence-electron chi connectivity index (χ4n) is 3.20. The minimum atomic E-state index is 0.988. The largest absolute Gasteiger partial charge is 0.369 e. The molecule has 128 valence electrons. The Morgan fingerprint density at radius 1 is 0.960 bits per heavy atom. The molecule has 1 saturated heterocycles. The SMILES string of the molecule is CN1CCN(c2ccc(Nc3ccnc4ccc(Br)cc34)cc2)CC1. The second-order valence-corrected chi connectivity index (χ2v) is 7.40. The third-order valence-electron chi connectivity index (χ3n) is 4.72. The van der Waals surface area contributed by atoms with E-state index in [4.69, 9.17) is 0 Å². The summed E-state index contributed by atoms with van der Waals surface area (Å²) in [5.41, 5.74) is 4.44. The third-order valence-corrected chi connectivity index (χ3v) is 5.21. The average molecular weight is 397 g/mol. The Hall–Kier alpha value is -2.11. The smallest absolute Gasteiger partial charge is 0.0723 e. The molecular formula is C20H21BrN4. The van der Waals surface area contributed by atoms with Gasteiger partial charge in [-0.25, -0.2) is 0 Å². The van der Waals surface area contributed by atoms with Gasteiger partial charge in [-0.1, -0.05) is 15.9 Å². The fraction of sp³-hybridized carbons (Fsp3) is 0.250. The van der Waals surface area contributed by atoms with Crippen molar-refractivity contribution in [2.24, 2.45) is 0 Å². The summed E-state index contributed by atoms with van der Waals surface area (Å²) >= 11 is 3.55. The molecule has 5 heteroatoms. The highest BCUT2D eigenvalue weighted by molar-refractivity contribution is 9.10. The van der Waals surface area contributed by atoms with Crippen LogP contribution in [-0.2, 0) is 0 Å². The van der Waals surface area contributed by atoms with Crippen LogP contribution in [0, 0.1) is 0 Å². The van der Waals surface area contributed by atoms with Gasteiger partial charge < -0.3 is 15.1 Å². The van der Waals surface area contributed by atoms with E-state index in [2.05, 4.69) is 73.4 Å². The highest BCUT2D eigenvalue weighted by Gasteiger charge is 2.14. The van der Waals surface area contributed by atoms with Crippen LogP contribution < -0.4 is 10.2 Å². The summed E-state index contributed by atoms with van der Waals surface area (Å²) in [6.07, 6.45) is 1.84. The lowest BCUT2D eigenvalue weighted by Crippen LogP contribution is -2.44. The first-order chi connectivity index (χ1) is 12.2. The molecule has 1 fully saturated rings. The van der Waals surface area contributed by atoms with Crippen LogP contribution in [-0.4, -0.2) is 43.1 Å². The second-order valence-electron chi connectivity index (χ2n) is 6.48. The first kappa shape index (κ1) is 16.4. The van der Waals surface area contributed by atoms with E-state index >= 15 is 0 Å². The zero-order valence-electron chi connectivity index (χ0n) is 14.2. The van der Waals surface area contributed by atoms with Crippen LogP contribution in [0.25, 0.3) is 10.9 Å². The second kappa shape index (κ2) is 7.02. The molecule has 25 heavy (non-hydrogen) atoms. The first-order valence-electron chi connectivity index (χ1n) is 8.54. The van der Waals surface area contributed by atoms with Crippen molar-refractivity contribution in [1.29, 1.82) is 0 Å². The summed E-state index contributed by atoms with van der Waals surface area (Å²) in [5.74, 6) is 0. The number of likely N-dealkylation sites (N-methyl/N-ethyl adjacent to an activating group) is 1. The van der Waals surface area contributed by atoms with Gasteiger partial charge in [0.2, 0.25) is 0 Å². The predicted octanol–water partition coefficient (Wildman–Crippen LogP) is 4.49. The van der Waals surface area contributed by atoms with E-state index < -0.39 is 0 Å². The van der Waals surface area contributed by atoms with Crippen molar-refractivity contribution in [3.05, 3.63) is 59.2 Å². The first-order valence-corrected chi connectivity index (χ1v) is 9.33. The zero-order valence-corrected chi connectivity index (χ0v) is 15.8. The van der Waals surface area contributed by atoms with E-state index in [-0.39, 0.29) is 0 Å². The fourth-order valence-corrected chi connectivity index (χ4v) is 3.56. The molecule has 0 radical (unpaired) electrons. The molecule has 0 atom stereocenters. The number of rotatable bonds is 3. The number of hydrogen-bond donors (Lipinski definition) is 1. The van der Waals surface area contributed by atoms with Crippen LogP contribution in [0.5, 0.6) is 0 Å². The molecule has 1 aliphatic rings. The number of piperazine rings is 1. The Labute approximate surface area is 156 Å². The molecule has 0 bridgehead atoms. The van der Waals surface area contributed by atoms with Crippen LogP contribution in [0.15, 0.2) is 59.2 Å². The van der Waals surface area contributed by atoms with Crippen molar-refractivity contribution in [3.8, 4) is 0 Å². The molecule has 4 rings (SSSR count). The molecule has 2 aromatic carbocycles. The lowest BCUT2D eigenvalue weighted by Gasteiger charge is -2.34. The standard InChI is InChI=1S/C20H21BrN4/c1-24-10-12-25(13-11-24)17-5-3-16(4-6-17)23-20-8-9-22-19-7-2-15(21)14-18(19)20/h2-9,14H,10-13H2,1H3,(H,22,23). The molecule has 0 aliphatic carbocycles.